The van der Waals surface area contributed by atoms with Gasteiger partial charge in [0, 0.05) is 38.2 Å². The molecular formula is C42H49NO5SSi. The molecule has 6 rings (SSSR count). The predicted molar refractivity (Wildman–Crippen MR) is 208 cm³/mol. The summed E-state index contributed by atoms with van der Waals surface area (Å²) in [7, 11) is -0.149. The third-order valence-corrected chi connectivity index (χ3v) is 15.8. The SMILES string of the molecule is COc1cc(C(=O)c2c(-c3ccc(OCCO[Si](C)(C)C(C)(C)C)cc3)sc3cc(OCc4ccccc4)ccc23)ccc1CN1CCCC1. The van der Waals surface area contributed by atoms with Crippen molar-refractivity contribution in [2.24, 2.45) is 0 Å². The van der Waals surface area contributed by atoms with Crippen molar-refractivity contribution in [2.75, 3.05) is 33.4 Å². The molecule has 0 saturated carbocycles. The minimum atomic E-state index is -1.83. The Morgan fingerprint density at radius 2 is 1.56 bits per heavy atom. The number of carbonyl (C=O) groups is 1. The first-order valence-electron chi connectivity index (χ1n) is 17.6. The van der Waals surface area contributed by atoms with Gasteiger partial charge in [0.15, 0.2) is 14.1 Å². The lowest BCUT2D eigenvalue weighted by atomic mass is 9.96. The second-order valence-electron chi connectivity index (χ2n) is 14.6. The van der Waals surface area contributed by atoms with Crippen molar-refractivity contribution < 1.29 is 23.4 Å². The summed E-state index contributed by atoms with van der Waals surface area (Å²) in [6.07, 6.45) is 2.45. The number of likely N-dealkylation sites (tertiary alicyclic amines) is 1. The number of fused-ring (bicyclic) bond motifs is 1. The Labute approximate surface area is 302 Å². The van der Waals surface area contributed by atoms with E-state index >= 15 is 0 Å². The number of hydrogen-bond donors (Lipinski definition) is 0. The maximum absolute atomic E-state index is 14.5. The van der Waals surface area contributed by atoms with E-state index in [1.807, 2.05) is 72.8 Å². The molecule has 50 heavy (non-hydrogen) atoms. The van der Waals surface area contributed by atoms with E-state index in [0.717, 1.165) is 68.5 Å². The second kappa shape index (κ2) is 15.5. The van der Waals surface area contributed by atoms with Gasteiger partial charge in [-0.1, -0.05) is 63.2 Å². The van der Waals surface area contributed by atoms with Gasteiger partial charge in [0.25, 0.3) is 0 Å². The lowest BCUT2D eigenvalue weighted by molar-refractivity contribution is 0.104. The molecule has 0 aliphatic carbocycles. The molecule has 8 heteroatoms. The summed E-state index contributed by atoms with van der Waals surface area (Å²) < 4.78 is 25.4. The molecule has 0 spiro atoms. The van der Waals surface area contributed by atoms with Crippen LogP contribution < -0.4 is 14.2 Å². The molecule has 1 fully saturated rings. The van der Waals surface area contributed by atoms with Gasteiger partial charge >= 0.3 is 0 Å². The van der Waals surface area contributed by atoms with E-state index in [4.69, 9.17) is 18.6 Å². The predicted octanol–water partition coefficient (Wildman–Crippen LogP) is 10.4. The smallest absolute Gasteiger partial charge is 0.195 e. The first-order chi connectivity index (χ1) is 24.0. The van der Waals surface area contributed by atoms with Crippen LogP contribution in [-0.2, 0) is 17.6 Å². The van der Waals surface area contributed by atoms with Crippen LogP contribution in [0.4, 0.5) is 0 Å². The summed E-state index contributed by atoms with van der Waals surface area (Å²) in [4.78, 5) is 17.9. The second-order valence-corrected chi connectivity index (χ2v) is 20.4. The summed E-state index contributed by atoms with van der Waals surface area (Å²) in [5.74, 6) is 2.26. The fourth-order valence-corrected chi connectivity index (χ4v) is 8.31. The van der Waals surface area contributed by atoms with E-state index in [9.17, 15) is 4.79 Å². The Morgan fingerprint density at radius 3 is 2.26 bits per heavy atom. The Bertz CT molecular complexity index is 1910. The van der Waals surface area contributed by atoms with Gasteiger partial charge < -0.3 is 18.6 Å². The standard InChI is InChI=1S/C42H49NO5SSi/c1-42(2,3)50(5,6)48-25-24-46-34-18-16-31(17-19-34)41-39(36-21-20-35(27-38(36)49-41)47-29-30-12-8-7-9-13-30)40(44)32-14-15-33(37(26-32)45-4)28-43-22-10-11-23-43/h7-9,12-21,26-27H,10-11,22-25,28-29H2,1-6H3. The molecule has 4 aromatic carbocycles. The molecule has 1 aliphatic rings. The van der Waals surface area contributed by atoms with Gasteiger partial charge in [-0.3, -0.25) is 9.69 Å². The number of methoxy groups -OCH3 is 1. The fourth-order valence-electron chi connectivity index (χ4n) is 6.05. The minimum absolute atomic E-state index is 0.0293. The number of hydrogen-bond acceptors (Lipinski definition) is 7. The molecule has 262 valence electrons. The third-order valence-electron chi connectivity index (χ3n) is 10.0. The Kier molecular flexibility index (Phi) is 11.1. The molecule has 1 saturated heterocycles. The zero-order valence-electron chi connectivity index (χ0n) is 30.2. The molecule has 6 nitrogen and oxygen atoms in total. The number of ether oxygens (including phenoxy) is 3. The van der Waals surface area contributed by atoms with Crippen LogP contribution in [-0.4, -0.2) is 52.4 Å². The van der Waals surface area contributed by atoms with Crippen LogP contribution in [0.3, 0.4) is 0 Å². The van der Waals surface area contributed by atoms with E-state index in [1.54, 1.807) is 18.4 Å². The highest BCUT2D eigenvalue weighted by Crippen LogP contribution is 2.42. The van der Waals surface area contributed by atoms with Crippen LogP contribution >= 0.6 is 11.3 Å². The molecular weight excluding hydrogens is 659 g/mol. The lowest BCUT2D eigenvalue weighted by Gasteiger charge is -2.36. The summed E-state index contributed by atoms with van der Waals surface area (Å²) in [5, 5.41) is 1.06. The van der Waals surface area contributed by atoms with E-state index in [2.05, 4.69) is 57.0 Å². The fraction of sp³-hybridized carbons (Fsp3) is 0.357. The van der Waals surface area contributed by atoms with E-state index in [1.165, 1.54) is 12.8 Å². The molecule has 0 N–H and O–H groups in total. The van der Waals surface area contributed by atoms with E-state index in [-0.39, 0.29) is 10.8 Å². The van der Waals surface area contributed by atoms with Crippen LogP contribution in [0.1, 0.15) is 60.7 Å². The summed E-state index contributed by atoms with van der Waals surface area (Å²) in [5.41, 5.74) is 4.46. The van der Waals surface area contributed by atoms with Gasteiger partial charge in [-0.15, -0.1) is 11.3 Å². The van der Waals surface area contributed by atoms with Crippen molar-refractivity contribution in [3.63, 3.8) is 0 Å². The maximum Gasteiger partial charge on any atom is 0.195 e. The van der Waals surface area contributed by atoms with Crippen molar-refractivity contribution >= 4 is 35.5 Å². The van der Waals surface area contributed by atoms with Crippen LogP contribution in [0.15, 0.2) is 91.0 Å². The van der Waals surface area contributed by atoms with Crippen molar-refractivity contribution in [3.8, 4) is 27.7 Å². The topological polar surface area (TPSA) is 57.2 Å². The number of nitrogens with zero attached hydrogens (tertiary/aromatic N) is 1. The van der Waals surface area contributed by atoms with E-state index in [0.29, 0.717) is 30.9 Å². The van der Waals surface area contributed by atoms with Crippen LogP contribution in [0.2, 0.25) is 18.1 Å². The number of ketones is 1. The van der Waals surface area contributed by atoms with Gasteiger partial charge in [-0.05, 0) is 104 Å². The number of thiophene rings is 1. The van der Waals surface area contributed by atoms with Gasteiger partial charge in [0.2, 0.25) is 0 Å². The first kappa shape index (κ1) is 35.9. The van der Waals surface area contributed by atoms with Crippen molar-refractivity contribution in [1.29, 1.82) is 0 Å². The highest BCUT2D eigenvalue weighted by Gasteiger charge is 2.37. The van der Waals surface area contributed by atoms with Crippen LogP contribution in [0, 0.1) is 0 Å². The molecule has 0 radical (unpaired) electrons. The summed E-state index contributed by atoms with van der Waals surface area (Å²) in [6, 6.07) is 30.1. The summed E-state index contributed by atoms with van der Waals surface area (Å²) in [6.45, 7) is 15.8. The average Bonchev–Trinajstić information content (AvgIpc) is 3.77. The highest BCUT2D eigenvalue weighted by atomic mass is 32.1. The molecule has 1 aliphatic heterocycles. The molecule has 5 aromatic rings. The minimum Gasteiger partial charge on any atom is -0.496 e. The monoisotopic (exact) mass is 707 g/mol. The van der Waals surface area contributed by atoms with Crippen molar-refractivity contribution in [3.05, 3.63) is 113 Å². The maximum atomic E-state index is 14.5. The average molecular weight is 708 g/mol. The summed E-state index contributed by atoms with van der Waals surface area (Å²) >= 11 is 1.61. The Balaban J connectivity index is 1.28. The molecule has 0 atom stereocenters. The molecule has 0 bridgehead atoms. The zero-order chi connectivity index (χ0) is 35.3. The van der Waals surface area contributed by atoms with Gasteiger partial charge in [-0.2, -0.15) is 0 Å². The quantitative estimate of drug-likeness (QED) is 0.0651. The first-order valence-corrected chi connectivity index (χ1v) is 21.3. The van der Waals surface area contributed by atoms with Crippen molar-refractivity contribution in [1.82, 2.24) is 4.90 Å². The molecule has 0 unspecified atom stereocenters. The normalized spacial score (nSPS) is 13.9. The lowest BCUT2D eigenvalue weighted by Crippen LogP contribution is -2.41. The molecule has 2 heterocycles. The number of rotatable bonds is 14. The van der Waals surface area contributed by atoms with Crippen LogP contribution in [0.25, 0.3) is 20.5 Å². The van der Waals surface area contributed by atoms with Gasteiger partial charge in [0.05, 0.1) is 13.7 Å². The largest absolute Gasteiger partial charge is 0.496 e. The highest BCUT2D eigenvalue weighted by molar-refractivity contribution is 7.22. The Morgan fingerprint density at radius 1 is 0.840 bits per heavy atom. The van der Waals surface area contributed by atoms with Crippen molar-refractivity contribution in [2.45, 2.75) is 64.9 Å². The number of benzene rings is 4. The molecule has 1 aromatic heterocycles. The number of carbonyl (C=O) groups excluding carboxylic acids is 1. The Hall–Kier alpha value is -3.95. The third kappa shape index (κ3) is 8.32. The molecule has 0 amide bonds. The zero-order valence-corrected chi connectivity index (χ0v) is 32.0. The van der Waals surface area contributed by atoms with E-state index < -0.39 is 8.32 Å². The van der Waals surface area contributed by atoms with Gasteiger partial charge in [0.1, 0.15) is 30.5 Å². The van der Waals surface area contributed by atoms with Crippen LogP contribution in [0.5, 0.6) is 17.2 Å². The van der Waals surface area contributed by atoms with Gasteiger partial charge in [-0.25, -0.2) is 0 Å².